The van der Waals surface area contributed by atoms with Crippen LogP contribution < -0.4 is 10.6 Å². The fraction of sp³-hybridized carbons (Fsp3) is 0.423. The van der Waals surface area contributed by atoms with Crippen LogP contribution in [0.15, 0.2) is 54.6 Å². The highest BCUT2D eigenvalue weighted by atomic mass is 35.5. The molecule has 3 amide bonds. The van der Waals surface area contributed by atoms with E-state index in [0.717, 1.165) is 0 Å². The van der Waals surface area contributed by atoms with Crippen LogP contribution in [0.3, 0.4) is 0 Å². The molecule has 2 aromatic carbocycles. The topological polar surface area (TPSA) is 108 Å². The Kier molecular flexibility index (Phi) is 6.29. The van der Waals surface area contributed by atoms with Gasteiger partial charge in [-0.2, -0.15) is 0 Å². The number of hydrogen-bond acceptors (Lipinski definition) is 5. The van der Waals surface area contributed by atoms with Crippen LogP contribution in [-0.4, -0.2) is 58.1 Å². The summed E-state index contributed by atoms with van der Waals surface area (Å²) in [5.74, 6) is -2.61. The van der Waals surface area contributed by atoms with Gasteiger partial charge in [0.25, 0.3) is 0 Å². The van der Waals surface area contributed by atoms with Crippen LogP contribution in [-0.2, 0) is 19.1 Å². The van der Waals surface area contributed by atoms with Gasteiger partial charge in [0, 0.05) is 5.69 Å². The Morgan fingerprint density at radius 3 is 2.54 bits per heavy atom. The normalized spacial score (nSPS) is 29.7. The molecule has 2 aromatic rings. The number of ether oxygens (including phenoxy) is 1. The van der Waals surface area contributed by atoms with Crippen LogP contribution in [0, 0.1) is 11.8 Å². The minimum absolute atomic E-state index is 0.300. The highest BCUT2D eigenvalue weighted by Gasteiger charge is 2.75. The third-order valence-electron chi connectivity index (χ3n) is 7.54. The number of hydrogen-bond donors (Lipinski definition) is 3. The molecule has 3 aliphatic heterocycles. The predicted molar refractivity (Wildman–Crippen MR) is 131 cm³/mol. The molecule has 0 aromatic heterocycles. The lowest BCUT2D eigenvalue weighted by atomic mass is 9.70. The highest BCUT2D eigenvalue weighted by Crippen LogP contribution is 2.59. The lowest BCUT2D eigenvalue weighted by molar-refractivity contribution is -0.143. The number of fused-ring (bicyclic) bond motifs is 1. The molecule has 2 bridgehead atoms. The number of nitrogens with one attached hydrogen (secondary N) is 2. The zero-order valence-corrected chi connectivity index (χ0v) is 20.1. The lowest BCUT2D eigenvalue weighted by Crippen LogP contribution is -2.56. The van der Waals surface area contributed by atoms with E-state index in [1.54, 1.807) is 36.4 Å². The van der Waals surface area contributed by atoms with Crippen LogP contribution in [0.25, 0.3) is 0 Å². The number of carbonyl (C=O) groups excluding carboxylic acids is 3. The molecule has 3 fully saturated rings. The van der Waals surface area contributed by atoms with Crippen molar-refractivity contribution in [2.45, 2.75) is 50.0 Å². The van der Waals surface area contributed by atoms with Gasteiger partial charge in [-0.05, 0) is 43.5 Å². The van der Waals surface area contributed by atoms with Crippen LogP contribution in [0.4, 0.5) is 11.4 Å². The van der Waals surface area contributed by atoms with E-state index in [4.69, 9.17) is 16.3 Å². The number of aliphatic hydroxyl groups excluding tert-OH is 1. The van der Waals surface area contributed by atoms with Crippen molar-refractivity contribution in [2.24, 2.45) is 11.8 Å². The summed E-state index contributed by atoms with van der Waals surface area (Å²) < 4.78 is 6.40. The number of carbonyl (C=O) groups is 3. The van der Waals surface area contributed by atoms with Gasteiger partial charge in [0.2, 0.25) is 17.7 Å². The third-order valence-corrected chi connectivity index (χ3v) is 7.87. The Bertz CT molecular complexity index is 1140. The first-order valence-electron chi connectivity index (χ1n) is 11.9. The number of halogens is 1. The number of aliphatic hydroxyl groups is 1. The van der Waals surface area contributed by atoms with E-state index in [-0.39, 0.29) is 18.4 Å². The molecule has 3 aliphatic rings. The molecule has 9 heteroatoms. The fourth-order valence-corrected chi connectivity index (χ4v) is 6.19. The minimum atomic E-state index is -1.14. The molecule has 35 heavy (non-hydrogen) atoms. The molecule has 8 nitrogen and oxygen atoms in total. The molecular weight excluding hydrogens is 470 g/mol. The SMILES string of the molecule is CC[C@@H](CO)N1C(=O)[C@@H]2[C@@H](C(=O)Nc3ccccc3)[C@H]3CCC2(O3)C1C(=O)Nc1ccccc1Cl. The van der Waals surface area contributed by atoms with Gasteiger partial charge in [0.05, 0.1) is 41.3 Å². The van der Waals surface area contributed by atoms with Crippen LogP contribution >= 0.6 is 11.6 Å². The first-order valence-corrected chi connectivity index (χ1v) is 12.3. The second-order valence-electron chi connectivity index (χ2n) is 9.37. The average molecular weight is 498 g/mol. The summed E-state index contributed by atoms with van der Waals surface area (Å²) in [5.41, 5.74) is -0.0882. The zero-order valence-electron chi connectivity index (χ0n) is 19.3. The highest BCUT2D eigenvalue weighted by molar-refractivity contribution is 6.33. The van der Waals surface area contributed by atoms with Gasteiger partial charge in [0.1, 0.15) is 11.6 Å². The summed E-state index contributed by atoms with van der Waals surface area (Å²) >= 11 is 6.27. The van der Waals surface area contributed by atoms with Gasteiger partial charge in [-0.1, -0.05) is 48.9 Å². The Hall–Kier alpha value is -2.94. The number of nitrogens with zero attached hydrogens (tertiary/aromatic N) is 1. The van der Waals surface area contributed by atoms with Crippen LogP contribution in [0.5, 0.6) is 0 Å². The summed E-state index contributed by atoms with van der Waals surface area (Å²) in [4.78, 5) is 42.4. The molecule has 1 spiro atoms. The maximum absolute atomic E-state index is 13.9. The predicted octanol–water partition coefficient (Wildman–Crippen LogP) is 3.06. The molecule has 184 valence electrons. The average Bonchev–Trinajstić information content (AvgIpc) is 3.50. The van der Waals surface area contributed by atoms with E-state index in [2.05, 4.69) is 10.6 Å². The van der Waals surface area contributed by atoms with E-state index < -0.39 is 41.5 Å². The number of rotatable bonds is 7. The van der Waals surface area contributed by atoms with Gasteiger partial charge < -0.3 is 25.4 Å². The van der Waals surface area contributed by atoms with Crippen molar-refractivity contribution in [1.82, 2.24) is 4.90 Å². The Labute approximate surface area is 208 Å². The first kappa shape index (κ1) is 23.8. The van der Waals surface area contributed by atoms with Crippen molar-refractivity contribution >= 4 is 40.7 Å². The van der Waals surface area contributed by atoms with Crippen LogP contribution in [0.1, 0.15) is 26.2 Å². The van der Waals surface area contributed by atoms with Gasteiger partial charge in [0.15, 0.2) is 0 Å². The quantitative estimate of drug-likeness (QED) is 0.545. The van der Waals surface area contributed by atoms with Crippen molar-refractivity contribution in [3.8, 4) is 0 Å². The number of anilines is 2. The standard InChI is InChI=1S/C26H28ClN3O5/c1-2-16(14-31)30-22(24(33)29-18-11-7-6-10-17(18)27)26-13-12-19(35-26)20(21(26)25(30)34)23(32)28-15-8-4-3-5-9-15/h3-11,16,19-22,31H,2,12-14H2,1H3,(H,28,32)(H,29,33)/t16-,19+,20-,21-,22?,26?/m0/s1. The second-order valence-corrected chi connectivity index (χ2v) is 9.78. The summed E-state index contributed by atoms with van der Waals surface area (Å²) in [5, 5.41) is 16.2. The number of likely N-dealkylation sites (tertiary alicyclic amines) is 1. The van der Waals surface area contributed by atoms with E-state index >= 15 is 0 Å². The first-order chi connectivity index (χ1) is 16.9. The number of benzene rings is 2. The number of amides is 3. The Balaban J connectivity index is 1.51. The molecule has 0 radical (unpaired) electrons. The third kappa shape index (κ3) is 3.80. The molecule has 3 N–H and O–H groups in total. The molecule has 3 saturated heterocycles. The fourth-order valence-electron chi connectivity index (χ4n) is 6.01. The van der Waals surface area contributed by atoms with E-state index in [9.17, 15) is 19.5 Å². The van der Waals surface area contributed by atoms with Gasteiger partial charge in [-0.3, -0.25) is 14.4 Å². The zero-order chi connectivity index (χ0) is 24.7. The summed E-state index contributed by atoms with van der Waals surface area (Å²) in [6.45, 7) is 1.55. The molecule has 0 saturated carbocycles. The van der Waals surface area contributed by atoms with Crippen molar-refractivity contribution in [2.75, 3.05) is 17.2 Å². The van der Waals surface area contributed by atoms with Crippen LogP contribution in [0.2, 0.25) is 5.02 Å². The maximum atomic E-state index is 13.9. The molecule has 0 aliphatic carbocycles. The maximum Gasteiger partial charge on any atom is 0.250 e. The monoisotopic (exact) mass is 497 g/mol. The largest absolute Gasteiger partial charge is 0.394 e. The smallest absolute Gasteiger partial charge is 0.250 e. The second kappa shape index (κ2) is 9.26. The molecular formula is C26H28ClN3O5. The van der Waals surface area contributed by atoms with Crippen molar-refractivity contribution < 1.29 is 24.2 Å². The van der Waals surface area contributed by atoms with Gasteiger partial charge in [-0.25, -0.2) is 0 Å². The van der Waals surface area contributed by atoms with Gasteiger partial charge in [-0.15, -0.1) is 0 Å². The summed E-state index contributed by atoms with van der Waals surface area (Å²) in [7, 11) is 0. The molecule has 6 atom stereocenters. The van der Waals surface area contributed by atoms with Crippen molar-refractivity contribution in [3.05, 3.63) is 59.6 Å². The molecule has 2 unspecified atom stereocenters. The van der Waals surface area contributed by atoms with Crippen molar-refractivity contribution in [1.29, 1.82) is 0 Å². The van der Waals surface area contributed by atoms with E-state index in [1.165, 1.54) is 4.90 Å². The summed E-state index contributed by atoms with van der Waals surface area (Å²) in [6.07, 6.45) is 1.03. The number of para-hydroxylation sites is 2. The van der Waals surface area contributed by atoms with E-state index in [0.29, 0.717) is 35.7 Å². The molecule has 3 heterocycles. The summed E-state index contributed by atoms with van der Waals surface area (Å²) in [6, 6.07) is 14.3. The Morgan fingerprint density at radius 1 is 1.14 bits per heavy atom. The lowest BCUT2D eigenvalue weighted by Gasteiger charge is -2.36. The molecule has 5 rings (SSSR count). The minimum Gasteiger partial charge on any atom is -0.394 e. The van der Waals surface area contributed by atoms with Gasteiger partial charge >= 0.3 is 0 Å². The Morgan fingerprint density at radius 2 is 1.86 bits per heavy atom. The van der Waals surface area contributed by atoms with Crippen molar-refractivity contribution in [3.63, 3.8) is 0 Å². The van der Waals surface area contributed by atoms with E-state index in [1.807, 2.05) is 25.1 Å².